The van der Waals surface area contributed by atoms with Crippen molar-refractivity contribution in [3.8, 4) is 0 Å². The number of aryl methyl sites for hydroxylation is 2. The monoisotopic (exact) mass is 578 g/mol. The first-order chi connectivity index (χ1) is 19.9. The topological polar surface area (TPSA) is 174 Å². The number of rotatable bonds is 7. The van der Waals surface area contributed by atoms with Gasteiger partial charge < -0.3 is 30.3 Å². The molecule has 0 unspecified atom stereocenters. The molecule has 0 saturated carbocycles. The van der Waals surface area contributed by atoms with Gasteiger partial charge in [0.2, 0.25) is 12.2 Å². The lowest BCUT2D eigenvalue weighted by Crippen LogP contribution is -2.45. The fraction of sp³-hybridized carbons (Fsp3) is 0.323. The van der Waals surface area contributed by atoms with Crippen LogP contribution in [0.2, 0.25) is 0 Å². The lowest BCUT2D eigenvalue weighted by Gasteiger charge is -2.21. The zero-order valence-corrected chi connectivity index (χ0v) is 23.6. The van der Waals surface area contributed by atoms with Gasteiger partial charge in [0.05, 0.1) is 11.1 Å². The van der Waals surface area contributed by atoms with Crippen LogP contribution in [0.3, 0.4) is 0 Å². The molecule has 2 aromatic carbocycles. The van der Waals surface area contributed by atoms with Crippen molar-refractivity contribution in [3.63, 3.8) is 0 Å². The number of aliphatic carboxylic acids is 2. The molecule has 42 heavy (non-hydrogen) atoms. The minimum absolute atomic E-state index is 0.0194. The van der Waals surface area contributed by atoms with Crippen molar-refractivity contribution in [2.45, 2.75) is 45.3 Å². The molecule has 11 nitrogen and oxygen atoms in total. The standard InChI is InChI=1S/C20H18O8.C11H16N2O/c1-11-3-7-13(8-4-11)19(25)27-15(17(21)22)16(18(23)24)28-20(26)14-9-5-12(2)6-10-14;1-13-7-6-8-4-2-3-5-9(8)10(12)11(13)14/h3-10,15-16H,1-2H3,(H,21,22)(H,23,24);3,5,8H,2,4,6-7,12H2,1H3/t15-,16-;8-/m10/s1. The number of benzene rings is 2. The largest absolute Gasteiger partial charge is 0.478 e. The summed E-state index contributed by atoms with van der Waals surface area (Å²) in [5.41, 5.74) is 9.16. The molecule has 1 amide bonds. The molecule has 1 heterocycles. The Morgan fingerprint density at radius 1 is 0.833 bits per heavy atom. The summed E-state index contributed by atoms with van der Waals surface area (Å²) in [5, 5.41) is 18.6. The maximum atomic E-state index is 12.2. The Morgan fingerprint density at radius 3 is 1.71 bits per heavy atom. The van der Waals surface area contributed by atoms with E-state index >= 15 is 0 Å². The van der Waals surface area contributed by atoms with Crippen LogP contribution in [-0.4, -0.2) is 70.7 Å². The molecule has 4 rings (SSSR count). The predicted octanol–water partition coefficient (Wildman–Crippen LogP) is 3.25. The van der Waals surface area contributed by atoms with Gasteiger partial charge in [0.15, 0.2) is 0 Å². The van der Waals surface area contributed by atoms with E-state index in [0.29, 0.717) is 11.6 Å². The number of hydrogen-bond donors (Lipinski definition) is 3. The fourth-order valence-corrected chi connectivity index (χ4v) is 4.42. The zero-order chi connectivity index (χ0) is 31.0. The minimum Gasteiger partial charge on any atom is -0.478 e. The van der Waals surface area contributed by atoms with Crippen LogP contribution in [0.15, 0.2) is 72.0 Å². The van der Waals surface area contributed by atoms with Gasteiger partial charge in [-0.25, -0.2) is 19.2 Å². The van der Waals surface area contributed by atoms with Gasteiger partial charge in [-0.1, -0.05) is 47.5 Å². The number of likely N-dealkylation sites (N-methyl/N-ethyl adjacent to an activating group) is 1. The van der Waals surface area contributed by atoms with Gasteiger partial charge in [0.1, 0.15) is 5.70 Å². The Labute approximate surface area is 243 Å². The second kappa shape index (κ2) is 14.1. The fourth-order valence-electron chi connectivity index (χ4n) is 4.42. The maximum Gasteiger partial charge on any atom is 0.349 e. The van der Waals surface area contributed by atoms with Gasteiger partial charge in [0.25, 0.3) is 5.91 Å². The molecule has 0 aromatic heterocycles. The van der Waals surface area contributed by atoms with E-state index in [1.807, 2.05) is 13.1 Å². The molecule has 222 valence electrons. The van der Waals surface area contributed by atoms with E-state index in [4.69, 9.17) is 15.2 Å². The number of carbonyl (C=O) groups is 5. The molecule has 0 bridgehead atoms. The van der Waals surface area contributed by atoms with Gasteiger partial charge >= 0.3 is 23.9 Å². The summed E-state index contributed by atoms with van der Waals surface area (Å²) in [6.07, 6.45) is 2.98. The summed E-state index contributed by atoms with van der Waals surface area (Å²) in [5.74, 6) is -5.15. The predicted molar refractivity (Wildman–Crippen MR) is 151 cm³/mol. The summed E-state index contributed by atoms with van der Waals surface area (Å²) in [4.78, 5) is 60.8. The average molecular weight is 579 g/mol. The Hall–Kier alpha value is -4.93. The van der Waals surface area contributed by atoms with Crippen molar-refractivity contribution in [3.05, 3.63) is 94.2 Å². The molecule has 2 aliphatic rings. The van der Waals surface area contributed by atoms with Gasteiger partial charge in [0, 0.05) is 13.6 Å². The summed E-state index contributed by atoms with van der Waals surface area (Å²) in [6.45, 7) is 4.40. The third-order valence-electron chi connectivity index (χ3n) is 6.92. The van der Waals surface area contributed by atoms with Crippen LogP contribution in [0.25, 0.3) is 0 Å². The SMILES string of the molecule is CN1CC[C@@H]2CCC=CC2=C(N)C1=O.Cc1ccc(C(=O)O[C@@H](C(=O)O)[C@@H](OC(=O)c2ccc(C)cc2)C(=O)O)cc1. The summed E-state index contributed by atoms with van der Waals surface area (Å²) in [6, 6.07) is 12.1. The highest BCUT2D eigenvalue weighted by Crippen LogP contribution is 2.30. The Morgan fingerprint density at radius 2 is 1.29 bits per heavy atom. The van der Waals surface area contributed by atoms with Crippen LogP contribution in [0.1, 0.15) is 51.1 Å². The Balaban J connectivity index is 0.000000287. The summed E-state index contributed by atoms with van der Waals surface area (Å²) < 4.78 is 9.64. The molecular weight excluding hydrogens is 544 g/mol. The number of carbonyl (C=O) groups excluding carboxylic acids is 3. The highest BCUT2D eigenvalue weighted by molar-refractivity contribution is 5.95. The van der Waals surface area contributed by atoms with Crippen molar-refractivity contribution < 1.29 is 43.7 Å². The average Bonchev–Trinajstić information content (AvgIpc) is 3.07. The maximum absolute atomic E-state index is 12.2. The molecular formula is C31H34N2O9. The van der Waals surface area contributed by atoms with E-state index in [1.54, 1.807) is 43.0 Å². The number of nitrogens with two attached hydrogens (primary N) is 1. The molecule has 0 fully saturated rings. The molecule has 0 spiro atoms. The van der Waals surface area contributed by atoms with Crippen molar-refractivity contribution in [2.24, 2.45) is 11.7 Å². The third kappa shape index (κ3) is 8.06. The number of allylic oxidation sites excluding steroid dienone is 3. The second-order valence-electron chi connectivity index (χ2n) is 10.1. The van der Waals surface area contributed by atoms with Crippen LogP contribution in [0.5, 0.6) is 0 Å². The lowest BCUT2D eigenvalue weighted by molar-refractivity contribution is -0.166. The van der Waals surface area contributed by atoms with Gasteiger partial charge in [-0.15, -0.1) is 0 Å². The summed E-state index contributed by atoms with van der Waals surface area (Å²) in [7, 11) is 1.82. The van der Waals surface area contributed by atoms with Crippen LogP contribution >= 0.6 is 0 Å². The first kappa shape index (κ1) is 31.6. The van der Waals surface area contributed by atoms with Gasteiger partial charge in [-0.05, 0) is 68.9 Å². The van der Waals surface area contributed by atoms with Gasteiger partial charge in [-0.2, -0.15) is 0 Å². The van der Waals surface area contributed by atoms with Crippen LogP contribution in [0.4, 0.5) is 0 Å². The minimum atomic E-state index is -2.22. The van der Waals surface area contributed by atoms with Crippen molar-refractivity contribution in [1.82, 2.24) is 4.90 Å². The Kier molecular flexibility index (Phi) is 10.6. The molecule has 2 aromatic rings. The number of hydrogen-bond acceptors (Lipinski definition) is 8. The number of esters is 2. The van der Waals surface area contributed by atoms with Crippen LogP contribution in [0, 0.1) is 19.8 Å². The molecule has 1 aliphatic carbocycles. The Bertz CT molecular complexity index is 1320. The van der Waals surface area contributed by atoms with E-state index in [2.05, 4.69) is 6.08 Å². The number of nitrogens with zero attached hydrogens (tertiary/aromatic N) is 1. The van der Waals surface area contributed by atoms with E-state index in [-0.39, 0.29) is 17.0 Å². The molecule has 11 heteroatoms. The molecule has 3 atom stereocenters. The van der Waals surface area contributed by atoms with Crippen LogP contribution < -0.4 is 5.73 Å². The van der Waals surface area contributed by atoms with Crippen molar-refractivity contribution in [2.75, 3.05) is 13.6 Å². The zero-order valence-electron chi connectivity index (χ0n) is 23.6. The van der Waals surface area contributed by atoms with Crippen LogP contribution in [-0.2, 0) is 23.9 Å². The normalized spacial score (nSPS) is 17.5. The van der Waals surface area contributed by atoms with E-state index in [9.17, 15) is 34.2 Å². The van der Waals surface area contributed by atoms with E-state index < -0.39 is 36.1 Å². The molecule has 4 N–H and O–H groups in total. The number of amides is 1. The molecule has 1 aliphatic heterocycles. The second-order valence-corrected chi connectivity index (χ2v) is 10.1. The molecule has 0 radical (unpaired) electrons. The summed E-state index contributed by atoms with van der Waals surface area (Å²) >= 11 is 0. The number of carboxylic acid groups (broad SMARTS) is 2. The highest BCUT2D eigenvalue weighted by atomic mass is 16.6. The number of fused-ring (bicyclic) bond motifs is 1. The van der Waals surface area contributed by atoms with E-state index in [1.165, 1.54) is 24.3 Å². The van der Waals surface area contributed by atoms with E-state index in [0.717, 1.165) is 42.5 Å². The van der Waals surface area contributed by atoms with Crippen molar-refractivity contribution >= 4 is 29.8 Å². The number of carboxylic acids is 2. The number of ether oxygens (including phenoxy) is 2. The first-order valence-electron chi connectivity index (χ1n) is 13.3. The van der Waals surface area contributed by atoms with Crippen molar-refractivity contribution in [1.29, 1.82) is 0 Å². The van der Waals surface area contributed by atoms with Gasteiger partial charge in [-0.3, -0.25) is 4.79 Å². The highest BCUT2D eigenvalue weighted by Gasteiger charge is 2.41. The quantitative estimate of drug-likeness (QED) is 0.414. The molecule has 0 saturated heterocycles. The third-order valence-corrected chi connectivity index (χ3v) is 6.92. The lowest BCUT2D eigenvalue weighted by atomic mass is 9.86. The first-order valence-corrected chi connectivity index (χ1v) is 13.3. The smallest absolute Gasteiger partial charge is 0.349 e.